The van der Waals surface area contributed by atoms with E-state index in [4.69, 9.17) is 11.6 Å². The molecule has 1 unspecified atom stereocenters. The van der Waals surface area contributed by atoms with Gasteiger partial charge in [0.05, 0.1) is 6.54 Å². The summed E-state index contributed by atoms with van der Waals surface area (Å²) in [6.45, 7) is 2.43. The smallest absolute Gasteiger partial charge is 0.176 e. The molecule has 4 heteroatoms. The normalized spacial score (nSPS) is 12.4. The third-order valence-electron chi connectivity index (χ3n) is 3.53. The number of carbonyl (C=O) groups excluding carboxylic acids is 1. The maximum Gasteiger partial charge on any atom is 0.176 e. The van der Waals surface area contributed by atoms with Gasteiger partial charge in [-0.15, -0.1) is 0 Å². The Kier molecular flexibility index (Phi) is 5.57. The molecule has 0 spiro atoms. The molecule has 0 bridgehead atoms. The van der Waals surface area contributed by atoms with Gasteiger partial charge in [0.2, 0.25) is 0 Å². The highest BCUT2D eigenvalue weighted by Crippen LogP contribution is 2.22. The summed E-state index contributed by atoms with van der Waals surface area (Å²) in [5.41, 5.74) is 1.82. The van der Waals surface area contributed by atoms with Crippen molar-refractivity contribution >= 4 is 33.3 Å². The van der Waals surface area contributed by atoms with Gasteiger partial charge in [0, 0.05) is 21.1 Å². The Morgan fingerprint density at radius 1 is 1.24 bits per heavy atom. The fourth-order valence-electron chi connectivity index (χ4n) is 2.14. The van der Waals surface area contributed by atoms with E-state index in [-0.39, 0.29) is 11.8 Å². The first-order valence-electron chi connectivity index (χ1n) is 6.72. The van der Waals surface area contributed by atoms with Crippen LogP contribution in [0.15, 0.2) is 53.0 Å². The number of carbonyl (C=O) groups is 1. The zero-order valence-electron chi connectivity index (χ0n) is 12.0. The van der Waals surface area contributed by atoms with Crippen LogP contribution in [-0.4, -0.2) is 24.3 Å². The van der Waals surface area contributed by atoms with Gasteiger partial charge in [-0.05, 0) is 43.8 Å². The average molecular weight is 367 g/mol. The van der Waals surface area contributed by atoms with E-state index in [0.29, 0.717) is 11.6 Å². The monoisotopic (exact) mass is 365 g/mol. The molecule has 1 atom stereocenters. The maximum atomic E-state index is 12.3. The fourth-order valence-corrected chi connectivity index (χ4v) is 2.74. The average Bonchev–Trinajstić information content (AvgIpc) is 2.46. The standard InChI is InChI=1S/C17H17BrClNO/c1-12(13-5-4-8-16(19)10-13)20(2)11-17(21)14-6-3-7-15(18)9-14/h3-10,12H,11H2,1-2H3. The zero-order chi connectivity index (χ0) is 15.4. The molecule has 0 saturated carbocycles. The number of nitrogens with zero attached hydrogens (tertiary/aromatic N) is 1. The van der Waals surface area contributed by atoms with Crippen LogP contribution in [0.4, 0.5) is 0 Å². The molecular weight excluding hydrogens is 350 g/mol. The number of hydrogen-bond acceptors (Lipinski definition) is 2. The molecule has 0 heterocycles. The molecule has 2 nitrogen and oxygen atoms in total. The van der Waals surface area contributed by atoms with Crippen molar-refractivity contribution in [1.82, 2.24) is 4.90 Å². The lowest BCUT2D eigenvalue weighted by Crippen LogP contribution is -2.28. The first-order valence-corrected chi connectivity index (χ1v) is 7.89. The van der Waals surface area contributed by atoms with Crippen molar-refractivity contribution in [1.29, 1.82) is 0 Å². The third-order valence-corrected chi connectivity index (χ3v) is 4.26. The second kappa shape index (κ2) is 7.21. The summed E-state index contributed by atoms with van der Waals surface area (Å²) in [6.07, 6.45) is 0. The number of halogens is 2. The first kappa shape index (κ1) is 16.2. The highest BCUT2D eigenvalue weighted by atomic mass is 79.9. The van der Waals surface area contributed by atoms with Gasteiger partial charge < -0.3 is 0 Å². The summed E-state index contributed by atoms with van der Waals surface area (Å²) in [6, 6.07) is 15.3. The van der Waals surface area contributed by atoms with Gasteiger partial charge in [-0.2, -0.15) is 0 Å². The summed E-state index contributed by atoms with van der Waals surface area (Å²) >= 11 is 9.41. The van der Waals surface area contributed by atoms with Crippen LogP contribution in [0.2, 0.25) is 5.02 Å². The second-order valence-electron chi connectivity index (χ2n) is 5.08. The van der Waals surface area contributed by atoms with E-state index in [0.717, 1.165) is 15.6 Å². The molecule has 0 aliphatic heterocycles. The van der Waals surface area contributed by atoms with E-state index in [1.807, 2.05) is 60.5 Å². The molecule has 0 aromatic heterocycles. The van der Waals surface area contributed by atoms with Crippen LogP contribution in [-0.2, 0) is 0 Å². The molecule has 21 heavy (non-hydrogen) atoms. The molecular formula is C17H17BrClNO. The predicted octanol–water partition coefficient (Wildman–Crippen LogP) is 4.98. The lowest BCUT2D eigenvalue weighted by atomic mass is 10.1. The Labute approximate surface area is 138 Å². The van der Waals surface area contributed by atoms with Gasteiger partial charge in [0.25, 0.3) is 0 Å². The Bertz CT molecular complexity index is 644. The minimum absolute atomic E-state index is 0.104. The number of ketones is 1. The molecule has 110 valence electrons. The highest BCUT2D eigenvalue weighted by Gasteiger charge is 2.16. The van der Waals surface area contributed by atoms with E-state index in [2.05, 4.69) is 22.9 Å². The Hall–Kier alpha value is -1.16. The van der Waals surface area contributed by atoms with Crippen molar-refractivity contribution in [2.75, 3.05) is 13.6 Å². The second-order valence-corrected chi connectivity index (χ2v) is 6.43. The van der Waals surface area contributed by atoms with Crippen LogP contribution >= 0.6 is 27.5 Å². The first-order chi connectivity index (χ1) is 9.97. The number of Topliss-reactive ketones (excluding diaryl/α,β-unsaturated/α-hetero) is 1. The number of rotatable bonds is 5. The van der Waals surface area contributed by atoms with Crippen molar-refractivity contribution in [3.05, 3.63) is 69.2 Å². The van der Waals surface area contributed by atoms with E-state index < -0.39 is 0 Å². The lowest BCUT2D eigenvalue weighted by Gasteiger charge is -2.24. The lowest BCUT2D eigenvalue weighted by molar-refractivity contribution is 0.0924. The Morgan fingerprint density at radius 2 is 1.95 bits per heavy atom. The zero-order valence-corrected chi connectivity index (χ0v) is 14.4. The molecule has 2 rings (SSSR count). The quantitative estimate of drug-likeness (QED) is 0.696. The minimum Gasteiger partial charge on any atom is -0.293 e. The summed E-state index contributed by atoms with van der Waals surface area (Å²) in [5, 5.41) is 0.714. The molecule has 0 radical (unpaired) electrons. The Balaban J connectivity index is 2.07. The molecule has 0 N–H and O–H groups in total. The van der Waals surface area contributed by atoms with E-state index in [1.54, 1.807) is 0 Å². The molecule has 0 amide bonds. The van der Waals surface area contributed by atoms with Crippen LogP contribution in [0.1, 0.15) is 28.9 Å². The van der Waals surface area contributed by atoms with Crippen molar-refractivity contribution in [3.63, 3.8) is 0 Å². The van der Waals surface area contributed by atoms with Gasteiger partial charge in [-0.3, -0.25) is 9.69 Å². The number of likely N-dealkylation sites (N-methyl/N-ethyl adjacent to an activating group) is 1. The van der Waals surface area contributed by atoms with Gasteiger partial charge in [-0.1, -0.05) is 51.8 Å². The van der Waals surface area contributed by atoms with Gasteiger partial charge >= 0.3 is 0 Å². The maximum absolute atomic E-state index is 12.3. The summed E-state index contributed by atoms with van der Waals surface area (Å²) in [5.74, 6) is 0.104. The van der Waals surface area contributed by atoms with Gasteiger partial charge in [-0.25, -0.2) is 0 Å². The molecule has 0 aliphatic carbocycles. The molecule has 0 fully saturated rings. The molecule has 2 aromatic rings. The van der Waals surface area contributed by atoms with Crippen LogP contribution in [0.5, 0.6) is 0 Å². The fraction of sp³-hybridized carbons (Fsp3) is 0.235. The molecule has 0 saturated heterocycles. The van der Waals surface area contributed by atoms with Crippen LogP contribution < -0.4 is 0 Å². The SMILES string of the molecule is CC(c1cccc(Cl)c1)N(C)CC(=O)c1cccc(Br)c1. The summed E-state index contributed by atoms with van der Waals surface area (Å²) in [4.78, 5) is 14.3. The van der Waals surface area contributed by atoms with Gasteiger partial charge in [0.15, 0.2) is 5.78 Å². The van der Waals surface area contributed by atoms with Crippen LogP contribution in [0, 0.1) is 0 Å². The number of hydrogen-bond donors (Lipinski definition) is 0. The molecule has 0 aliphatic rings. The molecule has 2 aromatic carbocycles. The van der Waals surface area contributed by atoms with Crippen molar-refractivity contribution in [2.45, 2.75) is 13.0 Å². The minimum atomic E-state index is 0.104. The van der Waals surface area contributed by atoms with Crippen molar-refractivity contribution < 1.29 is 4.79 Å². The summed E-state index contributed by atoms with van der Waals surface area (Å²) in [7, 11) is 1.95. The Morgan fingerprint density at radius 3 is 2.62 bits per heavy atom. The third kappa shape index (κ3) is 4.40. The largest absolute Gasteiger partial charge is 0.293 e. The summed E-state index contributed by atoms with van der Waals surface area (Å²) < 4.78 is 0.916. The van der Waals surface area contributed by atoms with Crippen molar-refractivity contribution in [3.8, 4) is 0 Å². The topological polar surface area (TPSA) is 20.3 Å². The van der Waals surface area contributed by atoms with Crippen LogP contribution in [0.25, 0.3) is 0 Å². The predicted molar refractivity (Wildman–Crippen MR) is 91.0 cm³/mol. The number of benzene rings is 2. The van der Waals surface area contributed by atoms with Crippen LogP contribution in [0.3, 0.4) is 0 Å². The van der Waals surface area contributed by atoms with E-state index >= 15 is 0 Å². The van der Waals surface area contributed by atoms with Crippen molar-refractivity contribution in [2.24, 2.45) is 0 Å². The highest BCUT2D eigenvalue weighted by molar-refractivity contribution is 9.10. The van der Waals surface area contributed by atoms with E-state index in [9.17, 15) is 4.79 Å². The van der Waals surface area contributed by atoms with E-state index in [1.165, 1.54) is 0 Å². The van der Waals surface area contributed by atoms with Gasteiger partial charge in [0.1, 0.15) is 0 Å².